The summed E-state index contributed by atoms with van der Waals surface area (Å²) in [5.74, 6) is 3.37. The SMILES string of the molecule is COc1ccc(-c2nc3ccc(Cc4ccc5nc(-c6ccc(OC)cc6)[nH]c5c4)cc3[nH]2)cc1. The van der Waals surface area contributed by atoms with Crippen LogP contribution in [0.5, 0.6) is 11.5 Å². The van der Waals surface area contributed by atoms with Crippen molar-refractivity contribution in [1.29, 1.82) is 0 Å². The highest BCUT2D eigenvalue weighted by Gasteiger charge is 2.09. The van der Waals surface area contributed by atoms with Gasteiger partial charge in [0.05, 0.1) is 36.3 Å². The molecular weight excluding hydrogens is 436 g/mol. The maximum atomic E-state index is 5.25. The highest BCUT2D eigenvalue weighted by Crippen LogP contribution is 2.26. The Morgan fingerprint density at radius 2 is 1.00 bits per heavy atom. The van der Waals surface area contributed by atoms with Crippen LogP contribution in [-0.4, -0.2) is 34.2 Å². The van der Waals surface area contributed by atoms with Crippen LogP contribution in [0.25, 0.3) is 44.8 Å². The van der Waals surface area contributed by atoms with Crippen LogP contribution in [0.1, 0.15) is 11.1 Å². The van der Waals surface area contributed by atoms with Gasteiger partial charge in [0, 0.05) is 11.1 Å². The van der Waals surface area contributed by atoms with Gasteiger partial charge in [0.2, 0.25) is 0 Å². The van der Waals surface area contributed by atoms with E-state index in [4.69, 9.17) is 19.4 Å². The van der Waals surface area contributed by atoms with E-state index in [1.807, 2.05) is 48.5 Å². The van der Waals surface area contributed by atoms with Gasteiger partial charge in [-0.05, 0) is 90.3 Å². The van der Waals surface area contributed by atoms with E-state index >= 15 is 0 Å². The Balaban J connectivity index is 1.25. The number of imidazole rings is 2. The Morgan fingerprint density at radius 3 is 1.40 bits per heavy atom. The minimum Gasteiger partial charge on any atom is -0.497 e. The van der Waals surface area contributed by atoms with Gasteiger partial charge >= 0.3 is 0 Å². The van der Waals surface area contributed by atoms with Crippen LogP contribution in [0.15, 0.2) is 84.9 Å². The summed E-state index contributed by atoms with van der Waals surface area (Å²) in [6.45, 7) is 0. The molecule has 6 nitrogen and oxygen atoms in total. The first-order valence-electron chi connectivity index (χ1n) is 11.4. The molecule has 0 saturated heterocycles. The maximum Gasteiger partial charge on any atom is 0.138 e. The van der Waals surface area contributed by atoms with E-state index in [9.17, 15) is 0 Å². The molecule has 2 N–H and O–H groups in total. The van der Waals surface area contributed by atoms with Gasteiger partial charge < -0.3 is 19.4 Å². The lowest BCUT2D eigenvalue weighted by Crippen LogP contribution is -1.88. The lowest BCUT2D eigenvalue weighted by molar-refractivity contribution is 0.415. The molecule has 6 heteroatoms. The van der Waals surface area contributed by atoms with Gasteiger partial charge in [-0.1, -0.05) is 12.1 Å². The number of nitrogens with zero attached hydrogens (tertiary/aromatic N) is 2. The van der Waals surface area contributed by atoms with Crippen LogP contribution in [0, 0.1) is 0 Å². The van der Waals surface area contributed by atoms with Crippen molar-refractivity contribution < 1.29 is 9.47 Å². The minimum atomic E-state index is 0.819. The first kappa shape index (κ1) is 21.0. The van der Waals surface area contributed by atoms with Gasteiger partial charge in [-0.2, -0.15) is 0 Å². The van der Waals surface area contributed by atoms with Gasteiger partial charge in [0.15, 0.2) is 0 Å². The molecular formula is C29H24N4O2. The van der Waals surface area contributed by atoms with E-state index in [0.717, 1.165) is 62.8 Å². The van der Waals surface area contributed by atoms with Crippen molar-refractivity contribution in [2.24, 2.45) is 0 Å². The Hall–Kier alpha value is -4.58. The molecule has 0 unspecified atom stereocenters. The van der Waals surface area contributed by atoms with E-state index in [-0.39, 0.29) is 0 Å². The monoisotopic (exact) mass is 460 g/mol. The zero-order valence-electron chi connectivity index (χ0n) is 19.5. The zero-order valence-corrected chi connectivity index (χ0v) is 19.5. The van der Waals surface area contributed by atoms with Crippen molar-refractivity contribution in [2.75, 3.05) is 14.2 Å². The summed E-state index contributed by atoms with van der Waals surface area (Å²) in [6, 6.07) is 28.6. The molecule has 0 aliphatic rings. The third-order valence-electron chi connectivity index (χ3n) is 6.23. The smallest absolute Gasteiger partial charge is 0.138 e. The average Bonchev–Trinajstić information content (AvgIpc) is 3.52. The summed E-state index contributed by atoms with van der Waals surface area (Å²) >= 11 is 0. The van der Waals surface area contributed by atoms with Crippen molar-refractivity contribution in [1.82, 2.24) is 19.9 Å². The molecule has 0 saturated carbocycles. The van der Waals surface area contributed by atoms with Gasteiger partial charge in [0.1, 0.15) is 23.1 Å². The summed E-state index contributed by atoms with van der Waals surface area (Å²) < 4.78 is 10.5. The van der Waals surface area contributed by atoms with Gasteiger partial charge in [0.25, 0.3) is 0 Å². The third kappa shape index (κ3) is 4.10. The molecule has 6 rings (SSSR count). The second kappa shape index (κ2) is 8.65. The second-order valence-electron chi connectivity index (χ2n) is 8.51. The number of aromatic amines is 2. The first-order chi connectivity index (χ1) is 17.2. The fourth-order valence-electron chi connectivity index (χ4n) is 4.34. The molecule has 0 aliphatic heterocycles. The van der Waals surface area contributed by atoms with Crippen molar-refractivity contribution in [2.45, 2.75) is 6.42 Å². The average molecular weight is 461 g/mol. The third-order valence-corrected chi connectivity index (χ3v) is 6.23. The number of hydrogen-bond acceptors (Lipinski definition) is 4. The normalized spacial score (nSPS) is 11.3. The van der Waals surface area contributed by atoms with Crippen LogP contribution in [0.4, 0.5) is 0 Å². The number of ether oxygens (including phenoxy) is 2. The summed E-state index contributed by atoms with van der Waals surface area (Å²) in [5, 5.41) is 0. The highest BCUT2D eigenvalue weighted by molar-refractivity contribution is 5.81. The summed E-state index contributed by atoms with van der Waals surface area (Å²) in [4.78, 5) is 16.4. The van der Waals surface area contributed by atoms with E-state index in [1.165, 1.54) is 11.1 Å². The Labute approximate surface area is 202 Å². The quantitative estimate of drug-likeness (QED) is 0.302. The number of H-pyrrole nitrogens is 2. The zero-order chi connectivity index (χ0) is 23.8. The molecule has 2 heterocycles. The molecule has 4 aromatic carbocycles. The fourth-order valence-corrected chi connectivity index (χ4v) is 4.34. The number of rotatable bonds is 6. The molecule has 0 bridgehead atoms. The largest absolute Gasteiger partial charge is 0.497 e. The van der Waals surface area contributed by atoms with Gasteiger partial charge in [-0.25, -0.2) is 9.97 Å². The molecule has 35 heavy (non-hydrogen) atoms. The van der Waals surface area contributed by atoms with Crippen molar-refractivity contribution in [3.63, 3.8) is 0 Å². The van der Waals surface area contributed by atoms with Crippen LogP contribution in [-0.2, 0) is 6.42 Å². The number of benzene rings is 4. The maximum absolute atomic E-state index is 5.25. The highest BCUT2D eigenvalue weighted by atomic mass is 16.5. The van der Waals surface area contributed by atoms with Gasteiger partial charge in [-0.15, -0.1) is 0 Å². The number of methoxy groups -OCH3 is 2. The van der Waals surface area contributed by atoms with Crippen LogP contribution >= 0.6 is 0 Å². The van der Waals surface area contributed by atoms with E-state index < -0.39 is 0 Å². The lowest BCUT2D eigenvalue weighted by atomic mass is 10.0. The summed E-state index contributed by atoms with van der Waals surface area (Å²) in [6.07, 6.45) is 0.819. The number of nitrogens with one attached hydrogen (secondary N) is 2. The molecule has 0 aliphatic carbocycles. The standard InChI is InChI=1S/C29H24N4O2/c1-34-22-9-5-20(6-10-22)28-30-24-13-3-18(16-26(24)32-28)15-19-4-14-25-27(17-19)33-29(31-25)21-7-11-23(35-2)12-8-21/h3-14,16-17H,15H2,1-2H3,(H,30,32)(H,31,33). The van der Waals surface area contributed by atoms with E-state index in [2.05, 4.69) is 46.4 Å². The molecule has 0 spiro atoms. The summed E-state index contributed by atoms with van der Waals surface area (Å²) in [7, 11) is 3.34. The molecule has 0 fully saturated rings. The first-order valence-corrected chi connectivity index (χ1v) is 11.4. The Bertz CT molecular complexity index is 1510. The Morgan fingerprint density at radius 1 is 0.571 bits per heavy atom. The second-order valence-corrected chi connectivity index (χ2v) is 8.51. The molecule has 0 radical (unpaired) electrons. The van der Waals surface area contributed by atoms with E-state index in [1.54, 1.807) is 14.2 Å². The van der Waals surface area contributed by atoms with Crippen molar-refractivity contribution in [3.8, 4) is 34.3 Å². The minimum absolute atomic E-state index is 0.819. The lowest BCUT2D eigenvalue weighted by Gasteiger charge is -2.02. The van der Waals surface area contributed by atoms with Crippen LogP contribution in [0.2, 0.25) is 0 Å². The van der Waals surface area contributed by atoms with E-state index in [0.29, 0.717) is 0 Å². The number of fused-ring (bicyclic) bond motifs is 2. The molecule has 0 atom stereocenters. The predicted molar refractivity (Wildman–Crippen MR) is 139 cm³/mol. The Kier molecular flexibility index (Phi) is 5.19. The molecule has 172 valence electrons. The number of aromatic nitrogens is 4. The molecule has 0 amide bonds. The predicted octanol–water partition coefficient (Wildman–Crippen LogP) is 6.38. The summed E-state index contributed by atoms with van der Waals surface area (Å²) in [5.41, 5.74) is 8.45. The number of hydrogen-bond donors (Lipinski definition) is 2. The molecule has 2 aromatic heterocycles. The fraction of sp³-hybridized carbons (Fsp3) is 0.103. The van der Waals surface area contributed by atoms with Crippen LogP contribution in [0.3, 0.4) is 0 Å². The van der Waals surface area contributed by atoms with Crippen molar-refractivity contribution >= 4 is 22.1 Å². The molecule has 6 aromatic rings. The van der Waals surface area contributed by atoms with Crippen LogP contribution < -0.4 is 9.47 Å². The van der Waals surface area contributed by atoms with Crippen molar-refractivity contribution in [3.05, 3.63) is 96.1 Å². The topological polar surface area (TPSA) is 75.8 Å². The van der Waals surface area contributed by atoms with Gasteiger partial charge in [-0.3, -0.25) is 0 Å².